The van der Waals surface area contributed by atoms with Crippen LogP contribution in [0.4, 0.5) is 14.5 Å². The van der Waals surface area contributed by atoms with Crippen LogP contribution in [0.3, 0.4) is 0 Å². The van der Waals surface area contributed by atoms with E-state index < -0.39 is 17.7 Å². The van der Waals surface area contributed by atoms with Crippen molar-refractivity contribution in [2.45, 2.75) is 36.0 Å². The first kappa shape index (κ1) is 23.0. The molecule has 0 bridgehead atoms. The number of aromatic amines is 1. The summed E-state index contributed by atoms with van der Waals surface area (Å²) in [7, 11) is 0. The number of hydrogen-bond acceptors (Lipinski definition) is 7. The molecule has 1 saturated carbocycles. The van der Waals surface area contributed by atoms with Crippen molar-refractivity contribution in [3.63, 3.8) is 0 Å². The van der Waals surface area contributed by atoms with Crippen LogP contribution < -0.4 is 9.64 Å². The lowest BCUT2D eigenvalue weighted by atomic mass is 10.0. The third-order valence-electron chi connectivity index (χ3n) is 7.22. The second-order valence-corrected chi connectivity index (χ2v) is 10.0. The number of nitrogens with one attached hydrogen (secondary N) is 1. The van der Waals surface area contributed by atoms with Gasteiger partial charge in [0.1, 0.15) is 23.3 Å². The van der Waals surface area contributed by atoms with Gasteiger partial charge in [-0.05, 0) is 43.4 Å². The van der Waals surface area contributed by atoms with Crippen LogP contribution in [-0.2, 0) is 9.47 Å². The number of anilines is 1. The zero-order valence-electron chi connectivity index (χ0n) is 19.3. The van der Waals surface area contributed by atoms with Crippen LogP contribution in [0.15, 0.2) is 29.2 Å². The lowest BCUT2D eigenvalue weighted by Crippen LogP contribution is -2.36. The molecular formula is C25H27F2N3O4S. The predicted octanol–water partition coefficient (Wildman–Crippen LogP) is 3.98. The quantitative estimate of drug-likeness (QED) is 0.510. The van der Waals surface area contributed by atoms with E-state index in [-0.39, 0.29) is 29.4 Å². The number of morpholine rings is 1. The highest BCUT2D eigenvalue weighted by Gasteiger charge is 2.47. The van der Waals surface area contributed by atoms with Crippen LogP contribution in [0, 0.1) is 17.6 Å². The Morgan fingerprint density at radius 2 is 1.94 bits per heavy atom. The number of benzene rings is 1. The van der Waals surface area contributed by atoms with E-state index in [1.54, 1.807) is 12.1 Å². The summed E-state index contributed by atoms with van der Waals surface area (Å²) in [5.74, 6) is -0.635. The van der Waals surface area contributed by atoms with E-state index in [9.17, 15) is 5.11 Å². The van der Waals surface area contributed by atoms with Gasteiger partial charge in [-0.3, -0.25) is 0 Å². The highest BCUT2D eigenvalue weighted by molar-refractivity contribution is 7.99. The third-order valence-corrected chi connectivity index (χ3v) is 8.01. The van der Waals surface area contributed by atoms with Crippen molar-refractivity contribution in [3.05, 3.63) is 35.9 Å². The smallest absolute Gasteiger partial charge is 0.208 e. The molecule has 3 fully saturated rings. The molecule has 0 amide bonds. The number of thioether (sulfide) groups is 1. The van der Waals surface area contributed by atoms with Gasteiger partial charge in [-0.1, -0.05) is 0 Å². The van der Waals surface area contributed by atoms with Gasteiger partial charge in [-0.25, -0.2) is 13.8 Å². The molecule has 2 saturated heterocycles. The summed E-state index contributed by atoms with van der Waals surface area (Å²) in [6, 6.07) is 6.11. The molecule has 1 aromatic carbocycles. The largest absolute Gasteiger partial charge is 0.472 e. The van der Waals surface area contributed by atoms with Gasteiger partial charge < -0.3 is 29.2 Å². The number of nitrogens with zero attached hydrogens (tertiary/aromatic N) is 2. The van der Waals surface area contributed by atoms with Crippen molar-refractivity contribution in [1.29, 1.82) is 0 Å². The fourth-order valence-corrected chi connectivity index (χ4v) is 6.09. The predicted molar refractivity (Wildman–Crippen MR) is 129 cm³/mol. The number of ether oxygens (including phenoxy) is 3. The first-order chi connectivity index (χ1) is 17.0. The number of H-pyrrole nitrogens is 1. The second-order valence-electron chi connectivity index (χ2n) is 9.23. The minimum absolute atomic E-state index is 0.0956. The lowest BCUT2D eigenvalue weighted by molar-refractivity contribution is 0.0143. The number of aliphatic hydroxyl groups excluding tert-OH is 1. The number of pyridine rings is 1. The molecule has 1 aliphatic carbocycles. The van der Waals surface area contributed by atoms with E-state index in [1.807, 2.05) is 11.2 Å². The Balaban J connectivity index is 1.32. The topological polar surface area (TPSA) is 79.8 Å². The summed E-state index contributed by atoms with van der Waals surface area (Å²) in [5, 5.41) is 10.1. The monoisotopic (exact) mass is 503 g/mol. The van der Waals surface area contributed by atoms with E-state index in [1.165, 1.54) is 23.9 Å². The fourth-order valence-electron chi connectivity index (χ4n) is 5.45. The van der Waals surface area contributed by atoms with E-state index in [0.717, 1.165) is 23.3 Å². The van der Waals surface area contributed by atoms with Crippen LogP contribution in [-0.4, -0.2) is 72.6 Å². The van der Waals surface area contributed by atoms with Gasteiger partial charge in [0.05, 0.1) is 53.7 Å². The van der Waals surface area contributed by atoms with Crippen molar-refractivity contribution >= 4 is 28.5 Å². The number of aromatic nitrogens is 2. The van der Waals surface area contributed by atoms with Crippen molar-refractivity contribution in [2.24, 2.45) is 5.92 Å². The molecule has 6 rings (SSSR count). The summed E-state index contributed by atoms with van der Waals surface area (Å²) in [6.45, 7) is 2.60. The van der Waals surface area contributed by atoms with Gasteiger partial charge in [0, 0.05) is 24.7 Å². The van der Waals surface area contributed by atoms with E-state index in [2.05, 4.69) is 9.97 Å². The maximum absolute atomic E-state index is 15.2. The third kappa shape index (κ3) is 4.06. The average Bonchev–Trinajstić information content (AvgIpc) is 3.54. The average molecular weight is 504 g/mol. The van der Waals surface area contributed by atoms with E-state index in [0.29, 0.717) is 50.0 Å². The fraction of sp³-hybridized carbons (Fsp3) is 0.480. The van der Waals surface area contributed by atoms with Crippen molar-refractivity contribution in [2.75, 3.05) is 44.1 Å². The Bertz CT molecular complexity index is 1230. The van der Waals surface area contributed by atoms with Gasteiger partial charge in [-0.15, -0.1) is 11.8 Å². The van der Waals surface area contributed by atoms with Crippen LogP contribution in [0.2, 0.25) is 0 Å². The first-order valence-electron chi connectivity index (χ1n) is 11.9. The highest BCUT2D eigenvalue weighted by atomic mass is 32.2. The molecule has 186 valence electrons. The number of hydrogen-bond donors (Lipinski definition) is 2. The molecule has 0 spiro atoms. The Morgan fingerprint density at radius 1 is 1.17 bits per heavy atom. The maximum atomic E-state index is 15.2. The molecule has 4 atom stereocenters. The van der Waals surface area contributed by atoms with Gasteiger partial charge in [0.15, 0.2) is 0 Å². The maximum Gasteiger partial charge on any atom is 0.208 e. The van der Waals surface area contributed by atoms with E-state index in [4.69, 9.17) is 14.2 Å². The number of rotatable bonds is 5. The lowest BCUT2D eigenvalue weighted by Gasteiger charge is -2.29. The SMILES string of the molecule is CSc1c(O[C@@H]2CCC3[C@H](O)CO[C@@H]32)[nH]c2ccc(-c3c(F)cc(N4CCOCC4)cc3F)nc12. The van der Waals surface area contributed by atoms with Crippen molar-refractivity contribution in [1.82, 2.24) is 9.97 Å². The summed E-state index contributed by atoms with van der Waals surface area (Å²) >= 11 is 1.46. The molecule has 7 nitrogen and oxygen atoms in total. The Hall–Kier alpha value is -2.40. The number of fused-ring (bicyclic) bond motifs is 2. The summed E-state index contributed by atoms with van der Waals surface area (Å²) in [6.07, 6.45) is 2.81. The first-order valence-corrected chi connectivity index (χ1v) is 13.1. The van der Waals surface area contributed by atoms with Gasteiger partial charge >= 0.3 is 0 Å². The zero-order chi connectivity index (χ0) is 24.1. The summed E-state index contributed by atoms with van der Waals surface area (Å²) in [4.78, 5) is 10.6. The Labute approximate surface area is 205 Å². The Kier molecular flexibility index (Phi) is 6.08. The number of halogens is 2. The van der Waals surface area contributed by atoms with Gasteiger partial charge in [0.25, 0.3) is 0 Å². The van der Waals surface area contributed by atoms with Crippen LogP contribution >= 0.6 is 11.8 Å². The molecule has 4 heterocycles. The van der Waals surface area contributed by atoms with Crippen molar-refractivity contribution < 1.29 is 28.1 Å². The van der Waals surface area contributed by atoms with Gasteiger partial charge in [0.2, 0.25) is 5.88 Å². The second kappa shape index (κ2) is 9.24. The Morgan fingerprint density at radius 3 is 2.69 bits per heavy atom. The van der Waals surface area contributed by atoms with Crippen LogP contribution in [0.1, 0.15) is 12.8 Å². The molecule has 10 heteroatoms. The van der Waals surface area contributed by atoms with Crippen molar-refractivity contribution in [3.8, 4) is 17.1 Å². The summed E-state index contributed by atoms with van der Waals surface area (Å²) in [5.41, 5.74) is 1.91. The normalized spacial score (nSPS) is 26.5. The summed E-state index contributed by atoms with van der Waals surface area (Å²) < 4.78 is 47.7. The molecule has 0 radical (unpaired) electrons. The minimum Gasteiger partial charge on any atom is -0.472 e. The molecular weight excluding hydrogens is 476 g/mol. The molecule has 35 heavy (non-hydrogen) atoms. The zero-order valence-corrected chi connectivity index (χ0v) is 20.1. The minimum atomic E-state index is -0.648. The molecule has 1 unspecified atom stereocenters. The molecule has 2 aromatic heterocycles. The van der Waals surface area contributed by atoms with Crippen LogP contribution in [0.25, 0.3) is 22.3 Å². The highest BCUT2D eigenvalue weighted by Crippen LogP contribution is 2.42. The van der Waals surface area contributed by atoms with Gasteiger partial charge in [-0.2, -0.15) is 0 Å². The molecule has 2 aliphatic heterocycles. The van der Waals surface area contributed by atoms with E-state index >= 15 is 8.78 Å². The molecule has 2 N–H and O–H groups in total. The number of aliphatic hydroxyl groups is 1. The van der Waals surface area contributed by atoms with Crippen LogP contribution in [0.5, 0.6) is 5.88 Å². The molecule has 3 aromatic rings. The molecule has 3 aliphatic rings. The standard InChI is InChI=1S/C25H27F2N3O4S/c1-35-24-22-18(29-25(24)34-20-5-2-14-19(31)12-33-23(14)20)4-3-17(28-22)21-15(26)10-13(11-16(21)27)30-6-8-32-9-7-30/h3-4,10-11,14,19-20,23,29,31H,2,5-9,12H2,1H3/t14?,19-,20-,23+/m1/s1.